The quantitative estimate of drug-likeness (QED) is 0.658. The molecule has 0 atom stereocenters. The lowest BCUT2D eigenvalue weighted by molar-refractivity contribution is 0.0699. The number of aryl methyl sites for hydroxylation is 1. The minimum absolute atomic E-state index is 0.143. The Bertz CT molecular complexity index is 1170. The van der Waals surface area contributed by atoms with E-state index in [2.05, 4.69) is 16.5 Å². The molecule has 1 fully saturated rings. The number of carbonyl (C=O) groups is 2. The van der Waals surface area contributed by atoms with Gasteiger partial charge in [0.25, 0.3) is 5.91 Å². The van der Waals surface area contributed by atoms with E-state index >= 15 is 0 Å². The number of piperidine rings is 1. The second kappa shape index (κ2) is 8.94. The fraction of sp³-hybridized carbons (Fsp3) is 0.250. The Kier molecular flexibility index (Phi) is 5.90. The van der Waals surface area contributed by atoms with Gasteiger partial charge in [0.05, 0.1) is 23.0 Å². The smallest absolute Gasteiger partial charge is 0.404 e. The lowest BCUT2D eigenvalue weighted by Gasteiger charge is -2.31. The van der Waals surface area contributed by atoms with E-state index in [-0.39, 0.29) is 11.9 Å². The second-order valence-electron chi connectivity index (χ2n) is 7.87. The highest BCUT2D eigenvalue weighted by Gasteiger charge is 2.27. The zero-order chi connectivity index (χ0) is 22.7. The average Bonchev–Trinajstić information content (AvgIpc) is 3.25. The van der Waals surface area contributed by atoms with Crippen molar-refractivity contribution < 1.29 is 14.7 Å². The lowest BCUT2D eigenvalue weighted by atomic mass is 10.0. The van der Waals surface area contributed by atoms with Crippen LogP contribution in [0.1, 0.15) is 34.5 Å². The first-order valence-corrected chi connectivity index (χ1v) is 10.4. The predicted octanol–water partition coefficient (Wildman–Crippen LogP) is 3.59. The predicted molar refractivity (Wildman–Crippen MR) is 119 cm³/mol. The van der Waals surface area contributed by atoms with Gasteiger partial charge < -0.3 is 15.3 Å². The van der Waals surface area contributed by atoms with Crippen LogP contribution >= 0.6 is 0 Å². The SMILES string of the molecule is Cc1ccc(-c2cc(C(=O)N3CCC(NC(=O)O)CC3)nn2-c2ccc(C#N)cc2)cc1. The van der Waals surface area contributed by atoms with Crippen LogP contribution in [0.5, 0.6) is 0 Å². The third kappa shape index (κ3) is 4.47. The second-order valence-corrected chi connectivity index (χ2v) is 7.87. The third-order valence-electron chi connectivity index (χ3n) is 5.63. The van der Waals surface area contributed by atoms with Gasteiger partial charge in [-0.1, -0.05) is 29.8 Å². The largest absolute Gasteiger partial charge is 0.465 e. The molecule has 2 amide bonds. The van der Waals surface area contributed by atoms with Gasteiger partial charge in [-0.15, -0.1) is 0 Å². The molecule has 0 aliphatic carbocycles. The number of amides is 2. The molecule has 0 spiro atoms. The Morgan fingerprint density at radius 3 is 2.34 bits per heavy atom. The van der Waals surface area contributed by atoms with Gasteiger partial charge >= 0.3 is 6.09 Å². The molecule has 8 heteroatoms. The van der Waals surface area contributed by atoms with Crippen LogP contribution in [0.4, 0.5) is 4.79 Å². The lowest BCUT2D eigenvalue weighted by Crippen LogP contribution is -2.46. The molecule has 3 aromatic rings. The van der Waals surface area contributed by atoms with E-state index in [4.69, 9.17) is 10.4 Å². The van der Waals surface area contributed by atoms with Crippen LogP contribution in [0.2, 0.25) is 0 Å². The summed E-state index contributed by atoms with van der Waals surface area (Å²) in [5.74, 6) is -0.181. The summed E-state index contributed by atoms with van der Waals surface area (Å²) in [5.41, 5.74) is 4.47. The van der Waals surface area contributed by atoms with Gasteiger partial charge in [-0.25, -0.2) is 9.48 Å². The Labute approximate surface area is 185 Å². The number of carboxylic acid groups (broad SMARTS) is 1. The van der Waals surface area contributed by atoms with Crippen molar-refractivity contribution in [3.05, 3.63) is 71.4 Å². The number of nitrogens with zero attached hydrogens (tertiary/aromatic N) is 4. The van der Waals surface area contributed by atoms with Crippen LogP contribution < -0.4 is 5.32 Å². The van der Waals surface area contributed by atoms with Crippen molar-refractivity contribution in [2.75, 3.05) is 13.1 Å². The highest BCUT2D eigenvalue weighted by molar-refractivity contribution is 5.93. The maximum absolute atomic E-state index is 13.2. The number of hydrogen-bond donors (Lipinski definition) is 2. The molecule has 8 nitrogen and oxygen atoms in total. The summed E-state index contributed by atoms with van der Waals surface area (Å²) >= 11 is 0. The fourth-order valence-electron chi connectivity index (χ4n) is 3.85. The molecular formula is C24H23N5O3. The molecule has 0 unspecified atom stereocenters. The first-order chi connectivity index (χ1) is 15.4. The van der Waals surface area contributed by atoms with E-state index in [0.717, 1.165) is 22.5 Å². The monoisotopic (exact) mass is 429 g/mol. The van der Waals surface area contributed by atoms with Crippen LogP contribution in [0, 0.1) is 18.3 Å². The number of carbonyl (C=O) groups excluding carboxylic acids is 1. The van der Waals surface area contributed by atoms with Crippen molar-refractivity contribution in [3.63, 3.8) is 0 Å². The van der Waals surface area contributed by atoms with E-state index in [0.29, 0.717) is 37.2 Å². The number of nitrogens with one attached hydrogen (secondary N) is 1. The Morgan fingerprint density at radius 2 is 1.75 bits per heavy atom. The number of hydrogen-bond acceptors (Lipinski definition) is 4. The number of rotatable bonds is 4. The van der Waals surface area contributed by atoms with E-state index in [1.54, 1.807) is 39.9 Å². The minimum Gasteiger partial charge on any atom is -0.465 e. The van der Waals surface area contributed by atoms with Crippen molar-refractivity contribution in [2.45, 2.75) is 25.8 Å². The van der Waals surface area contributed by atoms with Gasteiger partial charge in [0, 0.05) is 24.7 Å². The summed E-state index contributed by atoms with van der Waals surface area (Å²) in [6.45, 7) is 2.94. The van der Waals surface area contributed by atoms with Crippen molar-refractivity contribution >= 4 is 12.0 Å². The van der Waals surface area contributed by atoms with Crippen LogP contribution in [0.25, 0.3) is 16.9 Å². The molecule has 1 saturated heterocycles. The van der Waals surface area contributed by atoms with Gasteiger partial charge in [0.1, 0.15) is 0 Å². The van der Waals surface area contributed by atoms with E-state index < -0.39 is 6.09 Å². The van der Waals surface area contributed by atoms with Gasteiger partial charge in [0.2, 0.25) is 0 Å². The Balaban J connectivity index is 1.64. The topological polar surface area (TPSA) is 111 Å². The summed E-state index contributed by atoms with van der Waals surface area (Å²) in [6.07, 6.45) is 0.0944. The van der Waals surface area contributed by atoms with Crippen molar-refractivity contribution in [3.8, 4) is 23.0 Å². The standard InChI is InChI=1S/C24H23N5O3/c1-16-2-6-18(7-3-16)22-14-21(27-29(22)20-8-4-17(15-25)5-9-20)23(30)28-12-10-19(11-13-28)26-24(31)32/h2-9,14,19,26H,10-13H2,1H3,(H,31,32). The van der Waals surface area contributed by atoms with Crippen LogP contribution in [0.3, 0.4) is 0 Å². The molecule has 2 N–H and O–H groups in total. The number of aromatic nitrogens is 2. The molecule has 0 saturated carbocycles. The van der Waals surface area contributed by atoms with Crippen molar-refractivity contribution in [1.29, 1.82) is 5.26 Å². The molecule has 32 heavy (non-hydrogen) atoms. The van der Waals surface area contributed by atoms with E-state index in [9.17, 15) is 9.59 Å². The van der Waals surface area contributed by atoms with Crippen molar-refractivity contribution in [2.24, 2.45) is 0 Å². The first kappa shape index (κ1) is 21.1. The Morgan fingerprint density at radius 1 is 1.09 bits per heavy atom. The van der Waals surface area contributed by atoms with Crippen molar-refractivity contribution in [1.82, 2.24) is 20.0 Å². The van der Waals surface area contributed by atoms with E-state index in [1.165, 1.54) is 0 Å². The maximum atomic E-state index is 13.2. The van der Waals surface area contributed by atoms with Gasteiger partial charge in [-0.2, -0.15) is 10.4 Å². The van der Waals surface area contributed by atoms with Gasteiger partial charge in [0.15, 0.2) is 5.69 Å². The summed E-state index contributed by atoms with van der Waals surface area (Å²) in [4.78, 5) is 25.7. The fourth-order valence-corrected chi connectivity index (χ4v) is 3.85. The van der Waals surface area contributed by atoms with Crippen LogP contribution in [-0.4, -0.2) is 50.9 Å². The molecular weight excluding hydrogens is 406 g/mol. The number of likely N-dealkylation sites (tertiary alicyclic amines) is 1. The summed E-state index contributed by atoms with van der Waals surface area (Å²) in [6, 6.07) is 18.8. The molecule has 162 valence electrons. The molecule has 4 rings (SSSR count). The van der Waals surface area contributed by atoms with E-state index in [1.807, 2.05) is 31.2 Å². The minimum atomic E-state index is -1.04. The van der Waals surface area contributed by atoms with Crippen LogP contribution in [0.15, 0.2) is 54.6 Å². The zero-order valence-electron chi connectivity index (χ0n) is 17.7. The normalized spacial score (nSPS) is 14.1. The summed E-state index contributed by atoms with van der Waals surface area (Å²) in [5, 5.41) is 25.1. The Hall–Kier alpha value is -4.12. The number of nitriles is 1. The molecule has 1 aliphatic heterocycles. The molecule has 0 bridgehead atoms. The average molecular weight is 429 g/mol. The highest BCUT2D eigenvalue weighted by Crippen LogP contribution is 2.26. The summed E-state index contributed by atoms with van der Waals surface area (Å²) in [7, 11) is 0. The third-order valence-corrected chi connectivity index (χ3v) is 5.63. The molecule has 2 heterocycles. The van der Waals surface area contributed by atoms with Gasteiger partial charge in [-0.05, 0) is 50.1 Å². The maximum Gasteiger partial charge on any atom is 0.404 e. The van der Waals surface area contributed by atoms with Gasteiger partial charge in [-0.3, -0.25) is 4.79 Å². The summed E-state index contributed by atoms with van der Waals surface area (Å²) < 4.78 is 1.72. The molecule has 0 radical (unpaired) electrons. The molecule has 1 aromatic heterocycles. The first-order valence-electron chi connectivity index (χ1n) is 10.4. The molecule has 1 aliphatic rings. The highest BCUT2D eigenvalue weighted by atomic mass is 16.4. The molecule has 2 aromatic carbocycles. The number of benzene rings is 2. The zero-order valence-corrected chi connectivity index (χ0v) is 17.7. The van der Waals surface area contributed by atoms with Crippen LogP contribution in [-0.2, 0) is 0 Å².